The number of carbonyl (C=O) groups excluding carboxylic acids is 2. The second-order valence-corrected chi connectivity index (χ2v) is 8.33. The van der Waals surface area contributed by atoms with Gasteiger partial charge in [0.15, 0.2) is 0 Å². The van der Waals surface area contributed by atoms with Crippen molar-refractivity contribution in [1.82, 2.24) is 19.8 Å². The van der Waals surface area contributed by atoms with Crippen molar-refractivity contribution in [2.45, 2.75) is 31.7 Å². The molecule has 0 bridgehead atoms. The molecule has 1 aromatic heterocycles. The molecule has 2 saturated heterocycles. The molecule has 3 fully saturated rings. The van der Waals surface area contributed by atoms with E-state index in [0.29, 0.717) is 23.3 Å². The quantitative estimate of drug-likeness (QED) is 0.564. The minimum atomic E-state index is -0.672. The zero-order valence-corrected chi connectivity index (χ0v) is 15.7. The van der Waals surface area contributed by atoms with Crippen LogP contribution in [0.15, 0.2) is 23.0 Å². The number of nitrogens with one attached hydrogen (secondary N) is 2. The van der Waals surface area contributed by atoms with E-state index in [1.54, 1.807) is 11.6 Å². The molecule has 2 aromatic rings. The van der Waals surface area contributed by atoms with E-state index < -0.39 is 11.9 Å². The predicted octanol–water partition coefficient (Wildman–Crippen LogP) is 0.669. The average Bonchev–Trinajstić information content (AvgIpc) is 2.85. The van der Waals surface area contributed by atoms with E-state index in [1.165, 1.54) is 4.57 Å². The average molecular weight is 378 g/mol. The number of benzene rings is 1. The van der Waals surface area contributed by atoms with Crippen LogP contribution in [0, 0.1) is 23.2 Å². The maximum atomic E-state index is 12.9. The molecule has 28 heavy (non-hydrogen) atoms. The minimum Gasteiger partial charge on any atom is -0.316 e. The SMILES string of the molecule is Cn1c(=O)n(C2CCC(=O)NC2=O)c2cccc(C#CC3CC4(CNC4)C3)c21. The highest BCUT2D eigenvalue weighted by atomic mass is 16.2. The number of fused-ring (bicyclic) bond motifs is 1. The Morgan fingerprint density at radius 2 is 1.96 bits per heavy atom. The lowest BCUT2D eigenvalue weighted by Gasteiger charge is -2.53. The van der Waals surface area contributed by atoms with Crippen LogP contribution in [-0.4, -0.2) is 34.0 Å². The first-order chi connectivity index (χ1) is 13.5. The van der Waals surface area contributed by atoms with Crippen molar-refractivity contribution in [1.29, 1.82) is 0 Å². The molecule has 1 saturated carbocycles. The number of nitrogens with zero attached hydrogens (tertiary/aromatic N) is 2. The molecule has 2 N–H and O–H groups in total. The fourth-order valence-corrected chi connectivity index (χ4v) is 4.80. The summed E-state index contributed by atoms with van der Waals surface area (Å²) in [5.74, 6) is 6.35. The van der Waals surface area contributed by atoms with Gasteiger partial charge in [0.2, 0.25) is 11.8 Å². The van der Waals surface area contributed by atoms with E-state index in [1.807, 2.05) is 18.2 Å². The maximum Gasteiger partial charge on any atom is 0.329 e. The number of imidazole rings is 1. The monoisotopic (exact) mass is 378 g/mol. The van der Waals surface area contributed by atoms with Crippen molar-refractivity contribution < 1.29 is 9.59 Å². The normalized spacial score (nSPS) is 23.7. The largest absolute Gasteiger partial charge is 0.329 e. The number of para-hydroxylation sites is 1. The number of hydrogen-bond acceptors (Lipinski definition) is 4. The van der Waals surface area contributed by atoms with Crippen LogP contribution in [0.1, 0.15) is 37.3 Å². The van der Waals surface area contributed by atoms with E-state index in [2.05, 4.69) is 22.5 Å². The van der Waals surface area contributed by atoms with E-state index in [-0.39, 0.29) is 18.0 Å². The van der Waals surface area contributed by atoms with Crippen LogP contribution >= 0.6 is 0 Å². The molecule has 2 aliphatic heterocycles. The smallest absolute Gasteiger partial charge is 0.316 e. The fraction of sp³-hybridized carbons (Fsp3) is 0.476. The summed E-state index contributed by atoms with van der Waals surface area (Å²) in [7, 11) is 1.70. The number of piperidine rings is 1. The summed E-state index contributed by atoms with van der Waals surface area (Å²) >= 11 is 0. The van der Waals surface area contributed by atoms with Gasteiger partial charge >= 0.3 is 5.69 Å². The second-order valence-electron chi connectivity index (χ2n) is 8.33. The van der Waals surface area contributed by atoms with Gasteiger partial charge in [-0.15, -0.1) is 0 Å². The van der Waals surface area contributed by atoms with Crippen molar-refractivity contribution in [3.05, 3.63) is 34.2 Å². The van der Waals surface area contributed by atoms with Gasteiger partial charge < -0.3 is 5.32 Å². The highest BCUT2D eigenvalue weighted by Gasteiger charge is 2.47. The molecule has 2 amide bonds. The third-order valence-electron chi connectivity index (χ3n) is 6.39. The van der Waals surface area contributed by atoms with Crippen LogP contribution in [0.25, 0.3) is 11.0 Å². The third-order valence-corrected chi connectivity index (χ3v) is 6.39. The molecule has 3 heterocycles. The molecular formula is C21H22N4O3. The van der Waals surface area contributed by atoms with E-state index in [0.717, 1.165) is 37.0 Å². The minimum absolute atomic E-state index is 0.233. The Bertz CT molecular complexity index is 1120. The Balaban J connectivity index is 1.52. The Morgan fingerprint density at radius 3 is 2.64 bits per heavy atom. The molecule has 0 radical (unpaired) electrons. The lowest BCUT2D eigenvalue weighted by atomic mass is 9.59. The summed E-state index contributed by atoms with van der Waals surface area (Å²) in [6, 6.07) is 4.95. The van der Waals surface area contributed by atoms with Crippen LogP contribution in [0.4, 0.5) is 0 Å². The summed E-state index contributed by atoms with van der Waals surface area (Å²) in [6.07, 6.45) is 2.84. The fourth-order valence-electron chi connectivity index (χ4n) is 4.80. The van der Waals surface area contributed by atoms with Gasteiger partial charge in [0, 0.05) is 32.5 Å². The van der Waals surface area contributed by atoms with Crippen molar-refractivity contribution in [2.24, 2.45) is 18.4 Å². The molecule has 1 atom stereocenters. The number of carbonyl (C=O) groups is 2. The number of hydrogen-bond donors (Lipinski definition) is 2. The topological polar surface area (TPSA) is 85.1 Å². The van der Waals surface area contributed by atoms with E-state index >= 15 is 0 Å². The molecular weight excluding hydrogens is 356 g/mol. The Labute approximate surface area is 162 Å². The van der Waals surface area contributed by atoms with E-state index in [4.69, 9.17) is 0 Å². The van der Waals surface area contributed by atoms with Crippen LogP contribution in [0.3, 0.4) is 0 Å². The highest BCUT2D eigenvalue weighted by molar-refractivity contribution is 6.00. The summed E-state index contributed by atoms with van der Waals surface area (Å²) in [5.41, 5.74) is 2.44. The van der Waals surface area contributed by atoms with Gasteiger partial charge in [-0.3, -0.25) is 24.0 Å². The van der Waals surface area contributed by atoms with Crippen LogP contribution in [0.5, 0.6) is 0 Å². The summed E-state index contributed by atoms with van der Waals surface area (Å²) < 4.78 is 3.06. The standard InChI is InChI=1S/C21H22N4O3/c1-24-18-14(6-5-13-9-21(10-13)11-22-12-21)3-2-4-15(18)25(20(24)28)16-7-8-17(26)23-19(16)27/h2-4,13,16,22H,7-12H2,1H3,(H,23,26,27). The van der Waals surface area contributed by atoms with Crippen LogP contribution < -0.4 is 16.3 Å². The number of amides is 2. The number of aromatic nitrogens is 2. The maximum absolute atomic E-state index is 12.9. The molecule has 3 aliphatic rings. The van der Waals surface area contributed by atoms with Gasteiger partial charge in [-0.2, -0.15) is 0 Å². The number of imide groups is 1. The summed E-state index contributed by atoms with van der Waals surface area (Å²) in [5, 5.41) is 5.67. The molecule has 7 heteroatoms. The molecule has 1 spiro atoms. The predicted molar refractivity (Wildman–Crippen MR) is 104 cm³/mol. The van der Waals surface area contributed by atoms with Crippen LogP contribution in [0.2, 0.25) is 0 Å². The Kier molecular flexibility index (Phi) is 3.75. The molecule has 5 rings (SSSR count). The summed E-state index contributed by atoms with van der Waals surface area (Å²) in [6.45, 7) is 2.20. The van der Waals surface area contributed by atoms with Gasteiger partial charge in [-0.1, -0.05) is 17.9 Å². The van der Waals surface area contributed by atoms with Crippen molar-refractivity contribution in [3.8, 4) is 11.8 Å². The van der Waals surface area contributed by atoms with E-state index in [9.17, 15) is 14.4 Å². The summed E-state index contributed by atoms with van der Waals surface area (Å²) in [4.78, 5) is 36.7. The van der Waals surface area contributed by atoms with Gasteiger partial charge in [0.1, 0.15) is 6.04 Å². The Hall–Kier alpha value is -2.85. The van der Waals surface area contributed by atoms with Crippen molar-refractivity contribution >= 4 is 22.8 Å². The van der Waals surface area contributed by atoms with Gasteiger partial charge in [-0.05, 0) is 36.8 Å². The number of rotatable bonds is 1. The molecule has 1 aromatic carbocycles. The first-order valence-corrected chi connectivity index (χ1v) is 9.73. The van der Waals surface area contributed by atoms with Gasteiger partial charge in [0.05, 0.1) is 16.6 Å². The zero-order valence-electron chi connectivity index (χ0n) is 15.7. The first-order valence-electron chi connectivity index (χ1n) is 9.73. The first kappa shape index (κ1) is 17.3. The van der Waals surface area contributed by atoms with Crippen molar-refractivity contribution in [2.75, 3.05) is 13.1 Å². The van der Waals surface area contributed by atoms with Gasteiger partial charge in [0.25, 0.3) is 0 Å². The molecule has 1 unspecified atom stereocenters. The molecule has 1 aliphatic carbocycles. The Morgan fingerprint density at radius 1 is 1.18 bits per heavy atom. The lowest BCUT2D eigenvalue weighted by molar-refractivity contribution is -0.135. The second kappa shape index (κ2) is 6.08. The van der Waals surface area contributed by atoms with Crippen LogP contribution in [-0.2, 0) is 16.6 Å². The molecule has 7 nitrogen and oxygen atoms in total. The van der Waals surface area contributed by atoms with Gasteiger partial charge in [-0.25, -0.2) is 4.79 Å². The number of aryl methyl sites for hydroxylation is 1. The highest BCUT2D eigenvalue weighted by Crippen LogP contribution is 2.47. The molecule has 144 valence electrons. The van der Waals surface area contributed by atoms with Crippen molar-refractivity contribution in [3.63, 3.8) is 0 Å². The zero-order chi connectivity index (χ0) is 19.5. The lowest BCUT2D eigenvalue weighted by Crippen LogP contribution is -2.59. The third kappa shape index (κ3) is 2.52.